The molecular weight excluding hydrogens is 334 g/mol. The highest BCUT2D eigenvalue weighted by molar-refractivity contribution is 9.11. The van der Waals surface area contributed by atoms with Crippen LogP contribution in [0.15, 0.2) is 31.9 Å². The minimum atomic E-state index is -0.131. The first-order valence-electron chi connectivity index (χ1n) is 5.28. The van der Waals surface area contributed by atoms with Crippen molar-refractivity contribution in [1.29, 1.82) is 0 Å². The number of halogens is 1. The lowest BCUT2D eigenvalue weighted by atomic mass is 10.3. The predicted octanol–water partition coefficient (Wildman–Crippen LogP) is 2.69. The fraction of sp³-hybridized carbons (Fsp3) is 0.273. The number of nitrogens with two attached hydrogens (primary N) is 1. The second-order valence-electron chi connectivity index (χ2n) is 3.68. The highest BCUT2D eigenvalue weighted by atomic mass is 79.9. The number of aryl methyl sites for hydroxylation is 1. The smallest absolute Gasteiger partial charge is 0.251 e. The Kier molecular flexibility index (Phi) is 4.60. The third kappa shape index (κ3) is 3.44. The van der Waals surface area contributed by atoms with Crippen LogP contribution in [0.1, 0.15) is 15.8 Å². The van der Waals surface area contributed by atoms with Crippen molar-refractivity contribution in [2.24, 2.45) is 5.73 Å². The highest BCUT2D eigenvalue weighted by Crippen LogP contribution is 2.37. The van der Waals surface area contributed by atoms with Gasteiger partial charge in [-0.1, -0.05) is 11.8 Å². The van der Waals surface area contributed by atoms with Crippen molar-refractivity contribution >= 4 is 39.0 Å². The average molecular weight is 346 g/mol. The van der Waals surface area contributed by atoms with Gasteiger partial charge < -0.3 is 10.7 Å². The lowest BCUT2D eigenvalue weighted by Crippen LogP contribution is -2.12. The van der Waals surface area contributed by atoms with E-state index in [4.69, 9.17) is 5.73 Å². The van der Waals surface area contributed by atoms with Crippen molar-refractivity contribution in [3.05, 3.63) is 42.9 Å². The molecule has 0 spiro atoms. The minimum Gasteiger partial charge on any atom is -0.329 e. The van der Waals surface area contributed by atoms with Gasteiger partial charge in [-0.05, 0) is 35.0 Å². The number of thiophene rings is 1. The first-order valence-corrected chi connectivity index (χ1v) is 7.77. The van der Waals surface area contributed by atoms with Crippen LogP contribution in [0.3, 0.4) is 0 Å². The zero-order chi connectivity index (χ0) is 13.1. The number of rotatable bonds is 4. The van der Waals surface area contributed by atoms with Gasteiger partial charge in [-0.3, -0.25) is 4.79 Å². The van der Waals surface area contributed by atoms with E-state index in [-0.39, 0.29) is 10.8 Å². The third-order valence-corrected chi connectivity index (χ3v) is 5.26. The summed E-state index contributed by atoms with van der Waals surface area (Å²) in [6.07, 6.45) is 0. The van der Waals surface area contributed by atoms with Crippen molar-refractivity contribution in [2.45, 2.75) is 17.3 Å². The second kappa shape index (κ2) is 6.01. The van der Waals surface area contributed by atoms with Gasteiger partial charge in [-0.25, -0.2) is 4.98 Å². The summed E-state index contributed by atoms with van der Waals surface area (Å²) in [4.78, 5) is 19.6. The van der Waals surface area contributed by atoms with E-state index in [0.29, 0.717) is 17.4 Å². The number of hydrogen-bond acceptors (Lipinski definition) is 5. The normalized spacial score (nSPS) is 12.6. The van der Waals surface area contributed by atoms with Gasteiger partial charge in [0.15, 0.2) is 5.16 Å². The van der Waals surface area contributed by atoms with Crippen molar-refractivity contribution in [3.8, 4) is 0 Å². The SMILES string of the molecule is Cc1cc(=O)[nH]c(SC(CN)c2ccc(Br)s2)n1. The maximum atomic E-state index is 11.4. The average Bonchev–Trinajstić information content (AvgIpc) is 2.71. The van der Waals surface area contributed by atoms with E-state index < -0.39 is 0 Å². The second-order valence-corrected chi connectivity index (χ2v) is 7.36. The van der Waals surface area contributed by atoms with E-state index >= 15 is 0 Å². The topological polar surface area (TPSA) is 71.8 Å². The van der Waals surface area contributed by atoms with E-state index in [1.807, 2.05) is 12.1 Å². The molecule has 0 aliphatic carbocycles. The number of nitrogens with zero attached hydrogens (tertiary/aromatic N) is 1. The Balaban J connectivity index is 2.22. The Bertz CT molecular complexity index is 596. The van der Waals surface area contributed by atoms with E-state index in [0.717, 1.165) is 3.79 Å². The molecule has 2 heterocycles. The van der Waals surface area contributed by atoms with Crippen molar-refractivity contribution in [3.63, 3.8) is 0 Å². The molecule has 0 aliphatic heterocycles. The number of H-pyrrole nitrogens is 1. The molecule has 1 atom stereocenters. The third-order valence-electron chi connectivity index (χ3n) is 2.23. The molecule has 96 valence electrons. The summed E-state index contributed by atoms with van der Waals surface area (Å²) >= 11 is 6.56. The lowest BCUT2D eigenvalue weighted by Gasteiger charge is -2.11. The lowest BCUT2D eigenvalue weighted by molar-refractivity contribution is 0.884. The van der Waals surface area contributed by atoms with Crippen LogP contribution in [0.5, 0.6) is 0 Å². The van der Waals surface area contributed by atoms with E-state index in [1.165, 1.54) is 22.7 Å². The molecule has 1 unspecified atom stereocenters. The molecule has 2 rings (SSSR count). The van der Waals surface area contributed by atoms with Gasteiger partial charge in [0.05, 0.1) is 9.04 Å². The quantitative estimate of drug-likeness (QED) is 0.660. The Morgan fingerprint density at radius 2 is 2.39 bits per heavy atom. The summed E-state index contributed by atoms with van der Waals surface area (Å²) in [5, 5.41) is 0.714. The van der Waals surface area contributed by atoms with Crippen LogP contribution >= 0.6 is 39.0 Å². The number of aromatic amines is 1. The van der Waals surface area contributed by atoms with Crippen LogP contribution in [0, 0.1) is 6.92 Å². The van der Waals surface area contributed by atoms with Crippen LogP contribution in [-0.4, -0.2) is 16.5 Å². The molecule has 0 fully saturated rings. The zero-order valence-corrected chi connectivity index (χ0v) is 12.9. The monoisotopic (exact) mass is 345 g/mol. The standard InChI is InChI=1S/C11H12BrN3OS2/c1-6-4-10(16)15-11(14-6)18-8(5-13)7-2-3-9(12)17-7/h2-4,8H,5,13H2,1H3,(H,14,15,16). The maximum absolute atomic E-state index is 11.4. The van der Waals surface area contributed by atoms with Gasteiger partial charge in [0.2, 0.25) is 0 Å². The summed E-state index contributed by atoms with van der Waals surface area (Å²) in [5.41, 5.74) is 6.37. The molecule has 0 amide bonds. The fourth-order valence-electron chi connectivity index (χ4n) is 1.47. The molecule has 18 heavy (non-hydrogen) atoms. The van der Waals surface area contributed by atoms with Gasteiger partial charge in [0.25, 0.3) is 5.56 Å². The predicted molar refractivity (Wildman–Crippen MR) is 79.3 cm³/mol. The van der Waals surface area contributed by atoms with E-state index in [9.17, 15) is 4.79 Å². The highest BCUT2D eigenvalue weighted by Gasteiger charge is 2.15. The Morgan fingerprint density at radius 3 is 2.94 bits per heavy atom. The molecule has 0 saturated heterocycles. The van der Waals surface area contributed by atoms with Crippen LogP contribution in [0.25, 0.3) is 0 Å². The number of hydrogen-bond donors (Lipinski definition) is 2. The zero-order valence-electron chi connectivity index (χ0n) is 9.64. The van der Waals surface area contributed by atoms with Gasteiger partial charge in [-0.15, -0.1) is 11.3 Å². The molecule has 0 radical (unpaired) electrons. The summed E-state index contributed by atoms with van der Waals surface area (Å²) in [6.45, 7) is 2.30. The summed E-state index contributed by atoms with van der Waals surface area (Å²) in [6, 6.07) is 5.51. The Hall–Kier alpha value is -0.630. The molecule has 0 bridgehead atoms. The fourth-order valence-corrected chi connectivity index (χ4v) is 4.09. The van der Waals surface area contributed by atoms with Crippen LogP contribution in [0.2, 0.25) is 0 Å². The molecular formula is C11H12BrN3OS2. The molecule has 4 nitrogen and oxygen atoms in total. The largest absolute Gasteiger partial charge is 0.329 e. The molecule has 2 aromatic rings. The van der Waals surface area contributed by atoms with Crippen molar-refractivity contribution in [2.75, 3.05) is 6.54 Å². The van der Waals surface area contributed by atoms with Crippen LogP contribution in [-0.2, 0) is 0 Å². The summed E-state index contributed by atoms with van der Waals surface area (Å²) < 4.78 is 1.07. The molecule has 0 aromatic carbocycles. The number of aromatic nitrogens is 2. The van der Waals surface area contributed by atoms with Crippen molar-refractivity contribution < 1.29 is 0 Å². The number of thioether (sulfide) groups is 1. The van der Waals surface area contributed by atoms with Gasteiger partial charge in [0, 0.05) is 23.2 Å². The minimum absolute atomic E-state index is 0.103. The molecule has 0 saturated carbocycles. The van der Waals surface area contributed by atoms with E-state index in [2.05, 4.69) is 25.9 Å². The molecule has 3 N–H and O–H groups in total. The Morgan fingerprint density at radius 1 is 1.61 bits per heavy atom. The van der Waals surface area contributed by atoms with Crippen LogP contribution in [0.4, 0.5) is 0 Å². The van der Waals surface area contributed by atoms with Gasteiger partial charge in [0.1, 0.15) is 0 Å². The number of nitrogens with one attached hydrogen (secondary N) is 1. The van der Waals surface area contributed by atoms with Gasteiger partial charge >= 0.3 is 0 Å². The Labute approximate surface area is 121 Å². The molecule has 7 heteroatoms. The first kappa shape index (κ1) is 13.8. The van der Waals surface area contributed by atoms with Gasteiger partial charge in [-0.2, -0.15) is 0 Å². The summed E-state index contributed by atoms with van der Waals surface area (Å²) in [5.74, 6) is 0. The summed E-state index contributed by atoms with van der Waals surface area (Å²) in [7, 11) is 0. The van der Waals surface area contributed by atoms with Crippen molar-refractivity contribution in [1.82, 2.24) is 9.97 Å². The molecule has 2 aromatic heterocycles. The van der Waals surface area contributed by atoms with Crippen LogP contribution < -0.4 is 11.3 Å². The maximum Gasteiger partial charge on any atom is 0.251 e. The first-order chi connectivity index (χ1) is 8.58. The molecule has 0 aliphatic rings. The van der Waals surface area contributed by atoms with E-state index in [1.54, 1.807) is 18.3 Å².